The van der Waals surface area contributed by atoms with Crippen LogP contribution in [0.3, 0.4) is 0 Å². The summed E-state index contributed by atoms with van der Waals surface area (Å²) in [5, 5.41) is 0. The molecule has 1 fully saturated rings. The van der Waals surface area contributed by atoms with Gasteiger partial charge in [0.2, 0.25) is 0 Å². The van der Waals surface area contributed by atoms with Crippen molar-refractivity contribution in [3.63, 3.8) is 0 Å². The fourth-order valence-electron chi connectivity index (χ4n) is 2.01. The highest BCUT2D eigenvalue weighted by Crippen LogP contribution is 2.06. The van der Waals surface area contributed by atoms with Crippen LogP contribution in [0.25, 0.3) is 0 Å². The number of hydrogen-bond donors (Lipinski definition) is 0. The number of aromatic nitrogens is 2. The lowest BCUT2D eigenvalue weighted by Gasteiger charge is -2.33. The van der Waals surface area contributed by atoms with Crippen molar-refractivity contribution in [3.05, 3.63) is 18.2 Å². The maximum absolute atomic E-state index is 4.36. The first-order chi connectivity index (χ1) is 9.29. The van der Waals surface area contributed by atoms with E-state index in [0.29, 0.717) is 0 Å². The second-order valence-corrected chi connectivity index (χ2v) is 4.16. The lowest BCUT2D eigenvalue weighted by Crippen LogP contribution is -2.45. The number of imidazole rings is 1. The molecule has 1 aromatic heterocycles. The van der Waals surface area contributed by atoms with E-state index in [1.807, 2.05) is 40.1 Å². The minimum Gasteiger partial charge on any atom is -0.337 e. The molecular weight excluding hydrogens is 236 g/mol. The number of hydrogen-bond acceptors (Lipinski definition) is 3. The molecule has 1 saturated heterocycles. The molecule has 1 aliphatic rings. The lowest BCUT2D eigenvalue weighted by molar-refractivity contribution is 0.129. The summed E-state index contributed by atoms with van der Waals surface area (Å²) < 4.78 is 2.10. The van der Waals surface area contributed by atoms with E-state index in [1.54, 1.807) is 0 Å². The van der Waals surface area contributed by atoms with Crippen molar-refractivity contribution in [2.24, 2.45) is 7.05 Å². The molecule has 0 aromatic carbocycles. The Morgan fingerprint density at radius 1 is 1.00 bits per heavy atom. The molecule has 2 rings (SSSR count). The maximum Gasteiger partial charge on any atom is 0.122 e. The summed E-state index contributed by atoms with van der Waals surface area (Å²) in [7, 11) is 2.06. The van der Waals surface area contributed by atoms with Gasteiger partial charge in [0.1, 0.15) is 5.82 Å². The van der Waals surface area contributed by atoms with Gasteiger partial charge in [0, 0.05) is 45.6 Å². The highest BCUT2D eigenvalue weighted by Gasteiger charge is 2.16. The number of piperazine rings is 1. The zero-order chi connectivity index (χ0) is 14.7. The van der Waals surface area contributed by atoms with Gasteiger partial charge >= 0.3 is 0 Å². The van der Waals surface area contributed by atoms with Crippen molar-refractivity contribution in [2.75, 3.05) is 32.7 Å². The van der Waals surface area contributed by atoms with Crippen LogP contribution in [0, 0.1) is 0 Å². The lowest BCUT2D eigenvalue weighted by atomic mass is 10.3. The first kappa shape index (κ1) is 18.1. The van der Waals surface area contributed by atoms with Gasteiger partial charge in [-0.25, -0.2) is 4.98 Å². The molecule has 0 bridgehead atoms. The zero-order valence-corrected chi connectivity index (χ0v) is 13.7. The Hall–Kier alpha value is -0.870. The third-order valence-electron chi connectivity index (χ3n) is 3.20. The van der Waals surface area contributed by atoms with Gasteiger partial charge in [-0.15, -0.1) is 0 Å². The molecule has 19 heavy (non-hydrogen) atoms. The minimum absolute atomic E-state index is 0.987. The molecule has 0 amide bonds. The summed E-state index contributed by atoms with van der Waals surface area (Å²) in [5.74, 6) is 1.17. The Morgan fingerprint density at radius 3 is 1.95 bits per heavy atom. The Kier molecular flexibility index (Phi) is 10.5. The van der Waals surface area contributed by atoms with Crippen LogP contribution in [0.2, 0.25) is 0 Å². The number of rotatable bonds is 3. The van der Waals surface area contributed by atoms with Gasteiger partial charge in [0.25, 0.3) is 0 Å². The first-order valence-corrected chi connectivity index (χ1v) is 7.70. The van der Waals surface area contributed by atoms with Gasteiger partial charge in [-0.1, -0.05) is 34.6 Å². The zero-order valence-electron chi connectivity index (χ0n) is 13.7. The van der Waals surface area contributed by atoms with E-state index < -0.39 is 0 Å². The van der Waals surface area contributed by atoms with E-state index in [-0.39, 0.29) is 0 Å². The molecule has 0 aliphatic carbocycles. The molecule has 0 radical (unpaired) electrons. The Labute approximate surface area is 119 Å². The number of nitrogens with zero attached hydrogens (tertiary/aromatic N) is 4. The van der Waals surface area contributed by atoms with Crippen molar-refractivity contribution in [3.8, 4) is 0 Å². The fraction of sp³-hybridized carbons (Fsp3) is 0.800. The minimum atomic E-state index is 0.987. The van der Waals surface area contributed by atoms with Crippen LogP contribution >= 0.6 is 0 Å². The predicted molar refractivity (Wildman–Crippen MR) is 83.3 cm³/mol. The standard InChI is InChI=1S/C11H20N4.2C2H6/c1-3-14-6-8-15(9-7-14)10-11-12-4-5-13(11)2;2*1-2/h4-5H,3,6-10H2,1-2H3;2*1-2H3. The topological polar surface area (TPSA) is 24.3 Å². The molecule has 1 aliphatic heterocycles. The monoisotopic (exact) mass is 268 g/mol. The summed E-state index contributed by atoms with van der Waals surface area (Å²) in [6, 6.07) is 0. The molecule has 0 atom stereocenters. The molecule has 0 saturated carbocycles. The smallest absolute Gasteiger partial charge is 0.122 e. The Morgan fingerprint density at radius 2 is 1.53 bits per heavy atom. The van der Waals surface area contributed by atoms with Gasteiger partial charge in [-0.05, 0) is 6.54 Å². The fourth-order valence-corrected chi connectivity index (χ4v) is 2.01. The van der Waals surface area contributed by atoms with Gasteiger partial charge in [0.15, 0.2) is 0 Å². The van der Waals surface area contributed by atoms with Crippen LogP contribution in [-0.2, 0) is 13.6 Å². The summed E-state index contributed by atoms with van der Waals surface area (Å²) in [6.07, 6.45) is 3.88. The van der Waals surface area contributed by atoms with Gasteiger partial charge < -0.3 is 9.47 Å². The van der Waals surface area contributed by atoms with E-state index in [0.717, 1.165) is 6.54 Å². The Bertz CT molecular complexity index is 301. The van der Waals surface area contributed by atoms with Gasteiger partial charge in [-0.3, -0.25) is 4.90 Å². The van der Waals surface area contributed by atoms with Crippen molar-refractivity contribution >= 4 is 0 Å². The highest BCUT2D eigenvalue weighted by molar-refractivity contribution is 4.91. The predicted octanol–water partition coefficient (Wildman–Crippen LogP) is 2.61. The van der Waals surface area contributed by atoms with Crippen LogP contribution in [0.5, 0.6) is 0 Å². The molecule has 0 spiro atoms. The Balaban J connectivity index is 0.000000741. The van der Waals surface area contributed by atoms with Crippen LogP contribution in [0.1, 0.15) is 40.4 Å². The molecule has 2 heterocycles. The number of aryl methyl sites for hydroxylation is 1. The van der Waals surface area contributed by atoms with Crippen molar-refractivity contribution in [2.45, 2.75) is 41.2 Å². The molecular formula is C15H32N4. The average molecular weight is 268 g/mol. The quantitative estimate of drug-likeness (QED) is 0.842. The third kappa shape index (κ3) is 6.21. The van der Waals surface area contributed by atoms with E-state index in [9.17, 15) is 0 Å². The van der Waals surface area contributed by atoms with Crippen molar-refractivity contribution < 1.29 is 0 Å². The average Bonchev–Trinajstić information content (AvgIpc) is 2.89. The third-order valence-corrected chi connectivity index (χ3v) is 3.20. The van der Waals surface area contributed by atoms with Crippen LogP contribution < -0.4 is 0 Å². The van der Waals surface area contributed by atoms with Gasteiger partial charge in [0.05, 0.1) is 6.54 Å². The number of likely N-dealkylation sites (N-methyl/N-ethyl adjacent to an activating group) is 1. The van der Waals surface area contributed by atoms with E-state index in [1.165, 1.54) is 38.5 Å². The summed E-state index contributed by atoms with van der Waals surface area (Å²) >= 11 is 0. The summed E-state index contributed by atoms with van der Waals surface area (Å²) in [5.41, 5.74) is 0. The van der Waals surface area contributed by atoms with Crippen LogP contribution in [0.15, 0.2) is 12.4 Å². The van der Waals surface area contributed by atoms with Gasteiger partial charge in [-0.2, -0.15) is 0 Å². The van der Waals surface area contributed by atoms with E-state index >= 15 is 0 Å². The summed E-state index contributed by atoms with van der Waals surface area (Å²) in [4.78, 5) is 9.33. The first-order valence-electron chi connectivity index (χ1n) is 7.70. The molecule has 112 valence electrons. The second-order valence-electron chi connectivity index (χ2n) is 4.16. The van der Waals surface area contributed by atoms with Crippen LogP contribution in [0.4, 0.5) is 0 Å². The molecule has 0 N–H and O–H groups in total. The molecule has 1 aromatic rings. The SMILES string of the molecule is CC.CC.CCN1CCN(Cc2nccn2C)CC1. The van der Waals surface area contributed by atoms with Crippen LogP contribution in [-0.4, -0.2) is 52.1 Å². The highest BCUT2D eigenvalue weighted by atomic mass is 15.3. The van der Waals surface area contributed by atoms with E-state index in [4.69, 9.17) is 0 Å². The summed E-state index contributed by atoms with van der Waals surface area (Å²) in [6.45, 7) is 17.1. The van der Waals surface area contributed by atoms with Crippen molar-refractivity contribution in [1.29, 1.82) is 0 Å². The molecule has 0 unspecified atom stereocenters. The van der Waals surface area contributed by atoms with Crippen molar-refractivity contribution in [1.82, 2.24) is 19.4 Å². The normalized spacial score (nSPS) is 16.1. The maximum atomic E-state index is 4.36. The molecule has 4 heteroatoms. The molecule has 4 nitrogen and oxygen atoms in total. The largest absolute Gasteiger partial charge is 0.337 e. The van der Waals surface area contributed by atoms with E-state index in [2.05, 4.69) is 33.3 Å². The second kappa shape index (κ2) is 11.0.